The maximum atomic E-state index is 13.5. The molecule has 0 heterocycles. The molecule has 0 bridgehead atoms. The molecule has 0 aliphatic carbocycles. The number of hydrogen-bond acceptors (Lipinski definition) is 2. The molecular formula is C11H15BrFNO. The number of hydrogen-bond donors (Lipinski definition) is 1. The van der Waals surface area contributed by atoms with E-state index in [9.17, 15) is 4.39 Å². The first-order valence-electron chi connectivity index (χ1n) is 4.75. The van der Waals surface area contributed by atoms with Gasteiger partial charge in [-0.15, -0.1) is 0 Å². The second-order valence-corrected chi connectivity index (χ2v) is 4.37. The van der Waals surface area contributed by atoms with Crippen LogP contribution in [0.3, 0.4) is 0 Å². The van der Waals surface area contributed by atoms with Crippen molar-refractivity contribution in [2.45, 2.75) is 19.8 Å². The van der Waals surface area contributed by atoms with Gasteiger partial charge < -0.3 is 10.5 Å². The molecule has 0 amide bonds. The van der Waals surface area contributed by atoms with Crippen molar-refractivity contribution in [1.29, 1.82) is 0 Å². The molecule has 0 spiro atoms. The van der Waals surface area contributed by atoms with E-state index in [4.69, 9.17) is 10.5 Å². The van der Waals surface area contributed by atoms with E-state index in [-0.39, 0.29) is 11.7 Å². The van der Waals surface area contributed by atoms with E-state index in [0.717, 1.165) is 11.1 Å². The Morgan fingerprint density at radius 1 is 1.60 bits per heavy atom. The minimum absolute atomic E-state index is 0.0590. The van der Waals surface area contributed by atoms with Gasteiger partial charge in [0, 0.05) is 5.56 Å². The zero-order valence-electron chi connectivity index (χ0n) is 9.10. The van der Waals surface area contributed by atoms with Gasteiger partial charge in [-0.05, 0) is 46.9 Å². The second kappa shape index (κ2) is 4.94. The van der Waals surface area contributed by atoms with Crippen LogP contribution in [0, 0.1) is 12.7 Å². The fourth-order valence-corrected chi connectivity index (χ4v) is 2.27. The Morgan fingerprint density at radius 2 is 2.20 bits per heavy atom. The standard InChI is InChI=1S/C11H15BrFNO/c1-6-4-8(13)10(12)9(7(2)5-14)11(6)15-3/h4,7H,5,14H2,1-3H3. The molecule has 0 aliphatic rings. The molecule has 2 N–H and O–H groups in total. The van der Waals surface area contributed by atoms with Gasteiger partial charge in [-0.25, -0.2) is 4.39 Å². The van der Waals surface area contributed by atoms with Gasteiger partial charge >= 0.3 is 0 Å². The van der Waals surface area contributed by atoms with E-state index in [2.05, 4.69) is 15.9 Å². The van der Waals surface area contributed by atoms with Crippen molar-refractivity contribution in [2.24, 2.45) is 5.73 Å². The SMILES string of the molecule is COc1c(C)cc(F)c(Br)c1C(C)CN. The van der Waals surface area contributed by atoms with Crippen LogP contribution >= 0.6 is 15.9 Å². The van der Waals surface area contributed by atoms with Gasteiger partial charge in [0.15, 0.2) is 0 Å². The van der Waals surface area contributed by atoms with Crippen LogP contribution in [-0.4, -0.2) is 13.7 Å². The van der Waals surface area contributed by atoms with E-state index in [1.807, 2.05) is 13.8 Å². The Hall–Kier alpha value is -0.610. The molecule has 1 unspecified atom stereocenters. The first-order chi connectivity index (χ1) is 7.02. The Bertz CT molecular complexity index is 368. The molecule has 2 nitrogen and oxygen atoms in total. The summed E-state index contributed by atoms with van der Waals surface area (Å²) in [6, 6.07) is 1.45. The lowest BCUT2D eigenvalue weighted by atomic mass is 9.97. The molecular weight excluding hydrogens is 261 g/mol. The summed E-state index contributed by atoms with van der Waals surface area (Å²) in [5.74, 6) is 0.494. The maximum Gasteiger partial charge on any atom is 0.138 e. The monoisotopic (exact) mass is 275 g/mol. The van der Waals surface area contributed by atoms with Crippen molar-refractivity contribution < 1.29 is 9.13 Å². The van der Waals surface area contributed by atoms with Crippen LogP contribution < -0.4 is 10.5 Å². The molecule has 84 valence electrons. The molecule has 0 saturated carbocycles. The zero-order valence-corrected chi connectivity index (χ0v) is 10.7. The van der Waals surface area contributed by atoms with E-state index in [1.165, 1.54) is 6.07 Å². The normalized spacial score (nSPS) is 12.7. The lowest BCUT2D eigenvalue weighted by molar-refractivity contribution is 0.401. The smallest absolute Gasteiger partial charge is 0.138 e. The maximum absolute atomic E-state index is 13.5. The van der Waals surface area contributed by atoms with Gasteiger partial charge in [0.2, 0.25) is 0 Å². The van der Waals surface area contributed by atoms with Crippen LogP contribution in [0.5, 0.6) is 5.75 Å². The minimum atomic E-state index is -0.274. The highest BCUT2D eigenvalue weighted by Crippen LogP contribution is 2.37. The third-order valence-electron chi connectivity index (χ3n) is 2.44. The molecule has 1 atom stereocenters. The van der Waals surface area contributed by atoms with Gasteiger partial charge in [0.05, 0.1) is 11.6 Å². The first-order valence-corrected chi connectivity index (χ1v) is 5.54. The predicted molar refractivity (Wildman–Crippen MR) is 62.9 cm³/mol. The van der Waals surface area contributed by atoms with Crippen LogP contribution in [0.2, 0.25) is 0 Å². The lowest BCUT2D eigenvalue weighted by Crippen LogP contribution is -2.12. The van der Waals surface area contributed by atoms with Crippen LogP contribution in [-0.2, 0) is 0 Å². The van der Waals surface area contributed by atoms with Gasteiger partial charge in [-0.1, -0.05) is 6.92 Å². The number of methoxy groups -OCH3 is 1. The molecule has 1 aromatic carbocycles. The largest absolute Gasteiger partial charge is 0.496 e. The van der Waals surface area contributed by atoms with Crippen LogP contribution in [0.1, 0.15) is 24.0 Å². The molecule has 1 rings (SSSR count). The number of aryl methyl sites for hydroxylation is 1. The third-order valence-corrected chi connectivity index (χ3v) is 3.25. The average Bonchev–Trinajstić information content (AvgIpc) is 2.21. The highest BCUT2D eigenvalue weighted by molar-refractivity contribution is 9.10. The first kappa shape index (κ1) is 12.5. The topological polar surface area (TPSA) is 35.2 Å². The molecule has 0 aliphatic heterocycles. The number of halogens is 2. The van der Waals surface area contributed by atoms with Gasteiger partial charge in [-0.2, -0.15) is 0 Å². The van der Waals surface area contributed by atoms with Crippen molar-refractivity contribution in [2.75, 3.05) is 13.7 Å². The van der Waals surface area contributed by atoms with Gasteiger partial charge in [0.1, 0.15) is 11.6 Å². The summed E-state index contributed by atoms with van der Waals surface area (Å²) in [4.78, 5) is 0. The molecule has 0 aromatic heterocycles. The quantitative estimate of drug-likeness (QED) is 0.921. The number of rotatable bonds is 3. The Kier molecular flexibility index (Phi) is 4.11. The molecule has 0 fully saturated rings. The third kappa shape index (κ3) is 2.32. The summed E-state index contributed by atoms with van der Waals surface area (Å²) >= 11 is 3.24. The fourth-order valence-electron chi connectivity index (χ4n) is 1.59. The summed E-state index contributed by atoms with van der Waals surface area (Å²) in [5.41, 5.74) is 7.19. The highest BCUT2D eigenvalue weighted by atomic mass is 79.9. The number of nitrogens with two attached hydrogens (primary N) is 1. The van der Waals surface area contributed by atoms with Crippen molar-refractivity contribution >= 4 is 15.9 Å². The Labute approximate surface area is 97.7 Å². The summed E-state index contributed by atoms with van der Waals surface area (Å²) in [6.45, 7) is 4.22. The van der Waals surface area contributed by atoms with Crippen LogP contribution in [0.25, 0.3) is 0 Å². The summed E-state index contributed by atoms with van der Waals surface area (Å²) in [6.07, 6.45) is 0. The van der Waals surface area contributed by atoms with E-state index in [0.29, 0.717) is 16.8 Å². The average molecular weight is 276 g/mol. The lowest BCUT2D eigenvalue weighted by Gasteiger charge is -2.18. The summed E-state index contributed by atoms with van der Waals surface area (Å²) in [5, 5.41) is 0. The van der Waals surface area contributed by atoms with Crippen molar-refractivity contribution in [1.82, 2.24) is 0 Å². The van der Waals surface area contributed by atoms with Gasteiger partial charge in [-0.3, -0.25) is 0 Å². The predicted octanol–water partition coefficient (Wildman–Crippen LogP) is 2.97. The van der Waals surface area contributed by atoms with Crippen LogP contribution in [0.15, 0.2) is 10.5 Å². The van der Waals surface area contributed by atoms with E-state index < -0.39 is 0 Å². The highest BCUT2D eigenvalue weighted by Gasteiger charge is 2.19. The molecule has 0 saturated heterocycles. The summed E-state index contributed by atoms with van der Waals surface area (Å²) < 4.78 is 19.2. The Balaban J connectivity index is 3.43. The molecule has 4 heteroatoms. The number of benzene rings is 1. The van der Waals surface area contributed by atoms with Crippen molar-refractivity contribution in [3.8, 4) is 5.75 Å². The zero-order chi connectivity index (χ0) is 11.6. The van der Waals surface area contributed by atoms with Gasteiger partial charge in [0.25, 0.3) is 0 Å². The Morgan fingerprint density at radius 3 is 2.67 bits per heavy atom. The van der Waals surface area contributed by atoms with Crippen molar-refractivity contribution in [3.63, 3.8) is 0 Å². The van der Waals surface area contributed by atoms with E-state index in [1.54, 1.807) is 7.11 Å². The molecule has 1 aromatic rings. The van der Waals surface area contributed by atoms with E-state index >= 15 is 0 Å². The molecule has 15 heavy (non-hydrogen) atoms. The second-order valence-electron chi connectivity index (χ2n) is 3.57. The fraction of sp³-hybridized carbons (Fsp3) is 0.455. The van der Waals surface area contributed by atoms with Crippen molar-refractivity contribution in [3.05, 3.63) is 27.5 Å². The van der Waals surface area contributed by atoms with Crippen LogP contribution in [0.4, 0.5) is 4.39 Å². The minimum Gasteiger partial charge on any atom is -0.496 e. The molecule has 0 radical (unpaired) electrons. The number of ether oxygens (including phenoxy) is 1. The summed E-state index contributed by atoms with van der Waals surface area (Å²) in [7, 11) is 1.58.